The molecule has 19 heavy (non-hydrogen) atoms. The third kappa shape index (κ3) is 3.83. The number of halogens is 3. The fraction of sp³-hybridized carbons (Fsp3) is 0.300. The van der Waals surface area contributed by atoms with Crippen LogP contribution in [0, 0.1) is 10.1 Å². The summed E-state index contributed by atoms with van der Waals surface area (Å²) < 4.78 is 25.8. The van der Waals surface area contributed by atoms with Gasteiger partial charge >= 0.3 is 0 Å². The van der Waals surface area contributed by atoms with Gasteiger partial charge in [0.05, 0.1) is 23.0 Å². The first-order valence-electron chi connectivity index (χ1n) is 5.07. The fourth-order valence-corrected chi connectivity index (χ4v) is 1.52. The zero-order chi connectivity index (χ0) is 14.6. The highest BCUT2D eigenvalue weighted by atomic mass is 35.5. The number of carbonyl (C=O) groups excluding carboxylic acids is 1. The van der Waals surface area contributed by atoms with Crippen molar-refractivity contribution < 1.29 is 18.5 Å². The van der Waals surface area contributed by atoms with Crippen LogP contribution in [0.1, 0.15) is 10.4 Å². The second-order valence-corrected chi connectivity index (χ2v) is 4.04. The third-order valence-electron chi connectivity index (χ3n) is 2.22. The van der Waals surface area contributed by atoms with E-state index in [2.05, 4.69) is 0 Å². The molecule has 0 radical (unpaired) electrons. The number of hydrogen-bond acceptors (Lipinski definition) is 4. The molecule has 9 heteroatoms. The summed E-state index contributed by atoms with van der Waals surface area (Å²) in [5.41, 5.74) is 3.79. The molecule has 0 saturated heterocycles. The number of nitrogens with two attached hydrogens (primary N) is 1. The number of amides is 1. The Bertz CT molecular complexity index is 511. The lowest BCUT2D eigenvalue weighted by molar-refractivity contribution is -0.385. The van der Waals surface area contributed by atoms with Crippen molar-refractivity contribution in [2.24, 2.45) is 5.73 Å². The molecule has 0 bridgehead atoms. The second kappa shape index (κ2) is 5.89. The molecular weight excluding hydrogens is 284 g/mol. The summed E-state index contributed by atoms with van der Waals surface area (Å²) in [4.78, 5) is 21.6. The summed E-state index contributed by atoms with van der Waals surface area (Å²) in [5, 5.41) is 12.4. The van der Waals surface area contributed by atoms with Gasteiger partial charge in [0.1, 0.15) is 5.56 Å². The van der Waals surface area contributed by atoms with Crippen LogP contribution in [0.3, 0.4) is 0 Å². The Kier molecular flexibility index (Phi) is 4.73. The number of carbonyl (C=O) groups is 1. The Morgan fingerprint density at radius 3 is 2.68 bits per heavy atom. The normalized spacial score (nSPS) is 11.2. The van der Waals surface area contributed by atoms with E-state index in [9.17, 15) is 23.7 Å². The lowest BCUT2D eigenvalue weighted by atomic mass is 10.1. The zero-order valence-corrected chi connectivity index (χ0v) is 10.3. The number of nitrogens with zero attached hydrogens (tertiary/aromatic N) is 1. The topological polar surface area (TPSA) is 98.3 Å². The summed E-state index contributed by atoms with van der Waals surface area (Å²) in [7, 11) is 0. The predicted molar refractivity (Wildman–Crippen MR) is 64.4 cm³/mol. The molecule has 1 aromatic rings. The Morgan fingerprint density at radius 1 is 1.53 bits per heavy atom. The van der Waals surface area contributed by atoms with E-state index in [0.29, 0.717) is 0 Å². The van der Waals surface area contributed by atoms with Crippen molar-refractivity contribution in [3.8, 4) is 0 Å². The molecule has 3 N–H and O–H groups in total. The van der Waals surface area contributed by atoms with Crippen molar-refractivity contribution in [3.05, 3.63) is 38.9 Å². The van der Waals surface area contributed by atoms with E-state index in [1.807, 2.05) is 5.32 Å². The quantitative estimate of drug-likeness (QED) is 0.636. The number of benzene rings is 1. The van der Waals surface area contributed by atoms with Crippen molar-refractivity contribution in [2.75, 3.05) is 13.1 Å². The van der Waals surface area contributed by atoms with Crippen LogP contribution in [0.25, 0.3) is 0 Å². The van der Waals surface area contributed by atoms with Crippen LogP contribution in [0.2, 0.25) is 5.02 Å². The molecule has 0 atom stereocenters. The van der Waals surface area contributed by atoms with Crippen LogP contribution < -0.4 is 11.1 Å². The molecule has 0 aromatic heterocycles. The summed E-state index contributed by atoms with van der Waals surface area (Å²) in [6, 6.07) is 3.60. The molecule has 1 rings (SSSR count). The molecule has 1 amide bonds. The van der Waals surface area contributed by atoms with Gasteiger partial charge in [0, 0.05) is 6.07 Å². The highest BCUT2D eigenvalue weighted by Gasteiger charge is 2.30. The standard InChI is InChI=1S/C10H10ClF2N3O3/c11-6-2-1-3-7(16(18)19)8(6)9(17)15-5-10(12,13)4-14/h1-3H,4-5,14H2,(H,15,17). The lowest BCUT2D eigenvalue weighted by Gasteiger charge is -2.14. The van der Waals surface area contributed by atoms with E-state index in [4.69, 9.17) is 17.3 Å². The van der Waals surface area contributed by atoms with E-state index in [0.717, 1.165) is 6.07 Å². The molecule has 1 aromatic carbocycles. The van der Waals surface area contributed by atoms with Gasteiger partial charge in [0.25, 0.3) is 17.5 Å². The average Bonchev–Trinajstić information content (AvgIpc) is 2.35. The van der Waals surface area contributed by atoms with Crippen molar-refractivity contribution in [1.82, 2.24) is 5.32 Å². The molecule has 0 fully saturated rings. The molecule has 0 aliphatic heterocycles. The molecule has 104 valence electrons. The average molecular weight is 294 g/mol. The van der Waals surface area contributed by atoms with E-state index < -0.39 is 41.1 Å². The SMILES string of the molecule is NCC(F)(F)CNC(=O)c1c(Cl)cccc1[N+](=O)[O-]. The molecule has 0 aliphatic carbocycles. The largest absolute Gasteiger partial charge is 0.346 e. The summed E-state index contributed by atoms with van der Waals surface area (Å²) >= 11 is 5.67. The van der Waals surface area contributed by atoms with Gasteiger partial charge in [0.15, 0.2) is 0 Å². The highest BCUT2D eigenvalue weighted by Crippen LogP contribution is 2.26. The van der Waals surface area contributed by atoms with Crippen molar-refractivity contribution in [1.29, 1.82) is 0 Å². The Balaban J connectivity index is 2.97. The van der Waals surface area contributed by atoms with Crippen LogP contribution in [0.15, 0.2) is 18.2 Å². The van der Waals surface area contributed by atoms with Gasteiger partial charge in [-0.1, -0.05) is 17.7 Å². The molecule has 0 unspecified atom stereocenters. The van der Waals surface area contributed by atoms with Crippen molar-refractivity contribution >= 4 is 23.2 Å². The van der Waals surface area contributed by atoms with Crippen LogP contribution in [0.4, 0.5) is 14.5 Å². The van der Waals surface area contributed by atoms with E-state index in [-0.39, 0.29) is 5.02 Å². The summed E-state index contributed by atoms with van der Waals surface area (Å²) in [5.74, 6) is -4.34. The maximum Gasteiger partial charge on any atom is 0.283 e. The minimum Gasteiger partial charge on any atom is -0.346 e. The first kappa shape index (κ1) is 15.3. The van der Waals surface area contributed by atoms with Gasteiger partial charge in [-0.2, -0.15) is 0 Å². The molecule has 6 nitrogen and oxygen atoms in total. The summed E-state index contributed by atoms with van der Waals surface area (Å²) in [6.45, 7) is -1.97. The maximum absolute atomic E-state index is 12.9. The van der Waals surface area contributed by atoms with Crippen LogP contribution in [0.5, 0.6) is 0 Å². The van der Waals surface area contributed by atoms with Crippen molar-refractivity contribution in [2.45, 2.75) is 5.92 Å². The minimum absolute atomic E-state index is 0.192. The Morgan fingerprint density at radius 2 is 2.16 bits per heavy atom. The highest BCUT2D eigenvalue weighted by molar-refractivity contribution is 6.34. The fourth-order valence-electron chi connectivity index (χ4n) is 1.26. The van der Waals surface area contributed by atoms with Crippen molar-refractivity contribution in [3.63, 3.8) is 0 Å². The zero-order valence-electron chi connectivity index (χ0n) is 9.53. The van der Waals surface area contributed by atoms with E-state index in [1.165, 1.54) is 12.1 Å². The number of alkyl halides is 2. The smallest absolute Gasteiger partial charge is 0.283 e. The molecule has 0 heterocycles. The van der Waals surface area contributed by atoms with Gasteiger partial charge in [-0.25, -0.2) is 8.78 Å². The van der Waals surface area contributed by atoms with Gasteiger partial charge < -0.3 is 11.1 Å². The number of nitro groups is 1. The van der Waals surface area contributed by atoms with Gasteiger partial charge in [0.2, 0.25) is 0 Å². The minimum atomic E-state index is -3.29. The van der Waals surface area contributed by atoms with Gasteiger partial charge in [-0.3, -0.25) is 14.9 Å². The molecule has 0 saturated carbocycles. The molecule has 0 spiro atoms. The maximum atomic E-state index is 12.9. The second-order valence-electron chi connectivity index (χ2n) is 3.63. The number of nitrogens with one attached hydrogen (secondary N) is 1. The predicted octanol–water partition coefficient (Wildman–Crippen LogP) is 1.57. The first-order valence-corrected chi connectivity index (χ1v) is 5.45. The molecular formula is C10H10ClF2N3O3. The van der Waals surface area contributed by atoms with Crippen LogP contribution in [-0.4, -0.2) is 29.8 Å². The summed E-state index contributed by atoms with van der Waals surface area (Å²) in [6.07, 6.45) is 0. The Labute approximate surface area is 111 Å². The van der Waals surface area contributed by atoms with Crippen LogP contribution >= 0.6 is 11.6 Å². The van der Waals surface area contributed by atoms with Crippen LogP contribution in [-0.2, 0) is 0 Å². The first-order chi connectivity index (χ1) is 8.78. The van der Waals surface area contributed by atoms with Gasteiger partial charge in [-0.05, 0) is 6.07 Å². The molecule has 0 aliphatic rings. The van der Waals surface area contributed by atoms with E-state index in [1.54, 1.807) is 0 Å². The lowest BCUT2D eigenvalue weighted by Crippen LogP contribution is -2.41. The third-order valence-corrected chi connectivity index (χ3v) is 2.54. The number of nitro benzene ring substituents is 1. The Hall–Kier alpha value is -1.80. The number of rotatable bonds is 5. The monoisotopic (exact) mass is 293 g/mol. The van der Waals surface area contributed by atoms with E-state index >= 15 is 0 Å². The number of hydrogen-bond donors (Lipinski definition) is 2. The van der Waals surface area contributed by atoms with Gasteiger partial charge in [-0.15, -0.1) is 0 Å².